The van der Waals surface area contributed by atoms with Gasteiger partial charge in [0, 0.05) is 12.5 Å². The van der Waals surface area contributed by atoms with Crippen molar-refractivity contribution >= 4 is 5.95 Å². The molecule has 1 unspecified atom stereocenters. The Morgan fingerprint density at radius 2 is 2.42 bits per heavy atom. The van der Waals surface area contributed by atoms with Crippen molar-refractivity contribution < 1.29 is 4.52 Å². The smallest absolute Gasteiger partial charge is 0.260 e. The molecular weight excluding hydrogens is 156 g/mol. The van der Waals surface area contributed by atoms with Gasteiger partial charge in [0.25, 0.3) is 5.95 Å². The van der Waals surface area contributed by atoms with Gasteiger partial charge in [0.1, 0.15) is 0 Å². The summed E-state index contributed by atoms with van der Waals surface area (Å²) in [7, 11) is 0. The van der Waals surface area contributed by atoms with Crippen molar-refractivity contribution in [2.75, 3.05) is 12.3 Å². The van der Waals surface area contributed by atoms with Crippen molar-refractivity contribution in [1.82, 2.24) is 15.5 Å². The Morgan fingerprint density at radius 3 is 2.92 bits per heavy atom. The van der Waals surface area contributed by atoms with Gasteiger partial charge in [0.05, 0.1) is 0 Å². The van der Waals surface area contributed by atoms with Crippen LogP contribution in [0.5, 0.6) is 0 Å². The predicted octanol–water partition coefficient (Wildman–Crippen LogP) is 0.192. The molecule has 0 spiro atoms. The summed E-state index contributed by atoms with van der Waals surface area (Å²) in [5, 5.41) is 6.73. The Labute approximate surface area is 71.3 Å². The summed E-state index contributed by atoms with van der Waals surface area (Å²) in [5.74, 6) is 0.787. The molecule has 12 heavy (non-hydrogen) atoms. The number of nitrogens with one attached hydrogen (secondary N) is 1. The Morgan fingerprint density at radius 1 is 1.67 bits per heavy atom. The lowest BCUT2D eigenvalue weighted by Gasteiger charge is -2.07. The van der Waals surface area contributed by atoms with Crippen LogP contribution in [-0.4, -0.2) is 22.7 Å². The first-order valence-corrected chi connectivity index (χ1v) is 4.03. The van der Waals surface area contributed by atoms with Crippen LogP contribution in [0.1, 0.15) is 19.7 Å². The van der Waals surface area contributed by atoms with Gasteiger partial charge in [-0.05, 0) is 18.6 Å². The van der Waals surface area contributed by atoms with Crippen molar-refractivity contribution in [1.29, 1.82) is 0 Å². The zero-order chi connectivity index (χ0) is 8.97. The zero-order valence-electron chi connectivity index (χ0n) is 7.37. The summed E-state index contributed by atoms with van der Waals surface area (Å²) < 4.78 is 4.86. The minimum atomic E-state index is 0.202. The lowest BCUT2D eigenvalue weighted by atomic mass is 10.2. The molecule has 68 valence electrons. The highest BCUT2D eigenvalue weighted by atomic mass is 16.5. The molecule has 1 atom stereocenters. The summed E-state index contributed by atoms with van der Waals surface area (Å²) in [6.07, 6.45) is 0.720. The lowest BCUT2D eigenvalue weighted by Crippen LogP contribution is -2.27. The molecular formula is C7H14N4O. The van der Waals surface area contributed by atoms with E-state index in [9.17, 15) is 0 Å². The van der Waals surface area contributed by atoms with E-state index in [0.717, 1.165) is 13.0 Å². The van der Waals surface area contributed by atoms with Crippen molar-refractivity contribution in [2.24, 2.45) is 0 Å². The summed E-state index contributed by atoms with van der Waals surface area (Å²) in [5.41, 5.74) is 5.29. The second kappa shape index (κ2) is 4.06. The number of nitrogens with zero attached hydrogens (tertiary/aromatic N) is 2. The molecule has 0 aliphatic rings. The third-order valence-electron chi connectivity index (χ3n) is 1.52. The summed E-state index contributed by atoms with van der Waals surface area (Å²) in [4.78, 5) is 3.89. The van der Waals surface area contributed by atoms with Gasteiger partial charge in [-0.3, -0.25) is 0 Å². The average Bonchev–Trinajstić information content (AvgIpc) is 2.36. The van der Waals surface area contributed by atoms with Gasteiger partial charge in [0.2, 0.25) is 5.89 Å². The van der Waals surface area contributed by atoms with E-state index in [1.807, 2.05) is 0 Å². The first kappa shape index (κ1) is 8.99. The van der Waals surface area contributed by atoms with E-state index in [1.54, 1.807) is 0 Å². The second-order valence-corrected chi connectivity index (χ2v) is 2.71. The molecule has 1 aromatic heterocycles. The van der Waals surface area contributed by atoms with Gasteiger partial charge in [0.15, 0.2) is 0 Å². The molecule has 1 heterocycles. The summed E-state index contributed by atoms with van der Waals surface area (Å²) in [6.45, 7) is 5.05. The first-order valence-electron chi connectivity index (χ1n) is 4.03. The third kappa shape index (κ3) is 2.50. The molecule has 0 radical (unpaired) electrons. The monoisotopic (exact) mass is 170 g/mol. The number of hydrogen-bond acceptors (Lipinski definition) is 5. The summed E-state index contributed by atoms with van der Waals surface area (Å²) in [6, 6.07) is 0.342. The van der Waals surface area contributed by atoms with Crippen LogP contribution in [-0.2, 0) is 6.42 Å². The van der Waals surface area contributed by atoms with E-state index in [1.165, 1.54) is 0 Å². The van der Waals surface area contributed by atoms with Gasteiger partial charge in [-0.15, -0.1) is 0 Å². The highest BCUT2D eigenvalue weighted by molar-refractivity contribution is 5.10. The van der Waals surface area contributed by atoms with Crippen LogP contribution < -0.4 is 11.1 Å². The van der Waals surface area contributed by atoms with Crippen LogP contribution >= 0.6 is 0 Å². The number of anilines is 1. The van der Waals surface area contributed by atoms with Crippen LogP contribution in [0.2, 0.25) is 0 Å². The maximum absolute atomic E-state index is 5.29. The number of likely N-dealkylation sites (N-methyl/N-ethyl adjacent to an activating group) is 1. The molecule has 0 saturated carbocycles. The normalized spacial score (nSPS) is 13.2. The second-order valence-electron chi connectivity index (χ2n) is 2.71. The predicted molar refractivity (Wildman–Crippen MR) is 45.6 cm³/mol. The van der Waals surface area contributed by atoms with E-state index in [2.05, 4.69) is 29.3 Å². The molecule has 1 aromatic rings. The Kier molecular flexibility index (Phi) is 3.04. The molecule has 0 bridgehead atoms. The molecule has 0 aromatic carbocycles. The average molecular weight is 170 g/mol. The fraction of sp³-hybridized carbons (Fsp3) is 0.714. The maximum Gasteiger partial charge on any atom is 0.260 e. The summed E-state index contributed by atoms with van der Waals surface area (Å²) >= 11 is 0. The molecule has 3 N–H and O–H groups in total. The van der Waals surface area contributed by atoms with Crippen LogP contribution in [0.3, 0.4) is 0 Å². The van der Waals surface area contributed by atoms with Crippen LogP contribution in [0, 0.1) is 0 Å². The minimum Gasteiger partial charge on any atom is -0.365 e. The fourth-order valence-corrected chi connectivity index (χ4v) is 1.03. The molecule has 0 saturated heterocycles. The topological polar surface area (TPSA) is 77.0 Å². The fourth-order valence-electron chi connectivity index (χ4n) is 1.03. The zero-order valence-corrected chi connectivity index (χ0v) is 7.37. The van der Waals surface area contributed by atoms with Gasteiger partial charge in [-0.2, -0.15) is 4.98 Å². The van der Waals surface area contributed by atoms with Crippen molar-refractivity contribution in [3.05, 3.63) is 5.89 Å². The Balaban J connectivity index is 2.41. The van der Waals surface area contributed by atoms with Crippen LogP contribution in [0.15, 0.2) is 4.52 Å². The van der Waals surface area contributed by atoms with Gasteiger partial charge in [-0.25, -0.2) is 0 Å². The Hall–Kier alpha value is -1.10. The van der Waals surface area contributed by atoms with Crippen molar-refractivity contribution in [2.45, 2.75) is 26.3 Å². The standard InChI is InChI=1S/C7H14N4O/c1-3-9-5(2)4-6-10-7(8)11-12-6/h5,9H,3-4H2,1-2H3,(H2,8,11). The Bertz CT molecular complexity index is 235. The SMILES string of the molecule is CCNC(C)Cc1nc(N)no1. The molecule has 1 rings (SSSR count). The van der Waals surface area contributed by atoms with Crippen LogP contribution in [0.25, 0.3) is 0 Å². The molecule has 0 amide bonds. The lowest BCUT2D eigenvalue weighted by molar-refractivity contribution is 0.363. The number of hydrogen-bond donors (Lipinski definition) is 2. The van der Waals surface area contributed by atoms with E-state index >= 15 is 0 Å². The molecule has 0 fully saturated rings. The van der Waals surface area contributed by atoms with E-state index in [4.69, 9.17) is 10.3 Å². The highest BCUT2D eigenvalue weighted by Crippen LogP contribution is 2.01. The van der Waals surface area contributed by atoms with Crippen molar-refractivity contribution in [3.8, 4) is 0 Å². The third-order valence-corrected chi connectivity index (χ3v) is 1.52. The maximum atomic E-state index is 5.29. The van der Waals surface area contributed by atoms with E-state index in [0.29, 0.717) is 11.9 Å². The number of nitrogen functional groups attached to an aromatic ring is 1. The molecule has 5 nitrogen and oxygen atoms in total. The van der Waals surface area contributed by atoms with E-state index in [-0.39, 0.29) is 5.95 Å². The molecule has 5 heteroatoms. The molecule has 0 aliphatic heterocycles. The van der Waals surface area contributed by atoms with E-state index < -0.39 is 0 Å². The quantitative estimate of drug-likeness (QED) is 0.674. The largest absolute Gasteiger partial charge is 0.365 e. The number of aromatic nitrogens is 2. The van der Waals surface area contributed by atoms with Gasteiger partial charge >= 0.3 is 0 Å². The molecule has 0 aliphatic carbocycles. The van der Waals surface area contributed by atoms with Crippen LogP contribution in [0.4, 0.5) is 5.95 Å². The minimum absolute atomic E-state index is 0.202. The number of rotatable bonds is 4. The van der Waals surface area contributed by atoms with Gasteiger partial charge < -0.3 is 15.6 Å². The van der Waals surface area contributed by atoms with Gasteiger partial charge in [-0.1, -0.05) is 6.92 Å². The highest BCUT2D eigenvalue weighted by Gasteiger charge is 2.07. The first-order chi connectivity index (χ1) is 5.72. The number of nitrogens with two attached hydrogens (primary N) is 1. The van der Waals surface area contributed by atoms with Crippen molar-refractivity contribution in [3.63, 3.8) is 0 Å².